The van der Waals surface area contributed by atoms with Crippen LogP contribution in [0.25, 0.3) is 0 Å². The Morgan fingerprint density at radius 1 is 1.39 bits per heavy atom. The highest BCUT2D eigenvalue weighted by atomic mass is 16.5. The molecule has 1 unspecified atom stereocenters. The highest BCUT2D eigenvalue weighted by Gasteiger charge is 2.37. The minimum absolute atomic E-state index is 0.0224. The maximum atomic E-state index is 6.28. The largest absolute Gasteiger partial charge is 0.492 e. The van der Waals surface area contributed by atoms with Crippen LogP contribution in [-0.4, -0.2) is 24.7 Å². The van der Waals surface area contributed by atoms with Gasteiger partial charge in [0.05, 0.1) is 12.3 Å². The molecule has 0 aromatic heterocycles. The number of para-hydroxylation sites is 2. The van der Waals surface area contributed by atoms with E-state index in [0.717, 1.165) is 25.1 Å². The Kier molecular flexibility index (Phi) is 3.81. The molecule has 18 heavy (non-hydrogen) atoms. The molecule has 2 rings (SSSR count). The van der Waals surface area contributed by atoms with Crippen molar-refractivity contribution in [2.45, 2.75) is 45.2 Å². The number of hydrogen-bond donors (Lipinski definition) is 1. The van der Waals surface area contributed by atoms with Gasteiger partial charge in [0.2, 0.25) is 0 Å². The van der Waals surface area contributed by atoms with Crippen molar-refractivity contribution in [3.8, 4) is 5.75 Å². The van der Waals surface area contributed by atoms with E-state index in [1.807, 2.05) is 19.1 Å². The summed E-state index contributed by atoms with van der Waals surface area (Å²) < 4.78 is 5.74. The van der Waals surface area contributed by atoms with Gasteiger partial charge in [-0.15, -0.1) is 0 Å². The molecular formula is C15H24N2O. The lowest BCUT2D eigenvalue weighted by atomic mass is 9.85. The fraction of sp³-hybridized carbons (Fsp3) is 0.600. The monoisotopic (exact) mass is 248 g/mol. The molecule has 1 aromatic carbocycles. The summed E-state index contributed by atoms with van der Waals surface area (Å²) in [6, 6.07) is 8.46. The smallest absolute Gasteiger partial charge is 0.142 e. The fourth-order valence-corrected chi connectivity index (χ4v) is 2.70. The molecule has 1 saturated heterocycles. The van der Waals surface area contributed by atoms with Crippen LogP contribution in [0.4, 0.5) is 5.69 Å². The summed E-state index contributed by atoms with van der Waals surface area (Å²) in [6.07, 6.45) is 2.24. The van der Waals surface area contributed by atoms with Crippen molar-refractivity contribution in [2.24, 2.45) is 5.73 Å². The lowest BCUT2D eigenvalue weighted by molar-refractivity contribution is 0.299. The average molecular weight is 248 g/mol. The van der Waals surface area contributed by atoms with Crippen molar-refractivity contribution in [3.63, 3.8) is 0 Å². The van der Waals surface area contributed by atoms with Crippen LogP contribution >= 0.6 is 0 Å². The molecular weight excluding hydrogens is 224 g/mol. The van der Waals surface area contributed by atoms with Gasteiger partial charge in [-0.3, -0.25) is 0 Å². The Morgan fingerprint density at radius 2 is 2.11 bits per heavy atom. The highest BCUT2D eigenvalue weighted by Crippen LogP contribution is 2.37. The van der Waals surface area contributed by atoms with E-state index in [1.54, 1.807) is 0 Å². The van der Waals surface area contributed by atoms with Gasteiger partial charge in [0.25, 0.3) is 0 Å². The number of benzene rings is 1. The third-order valence-corrected chi connectivity index (χ3v) is 3.96. The van der Waals surface area contributed by atoms with Gasteiger partial charge in [-0.1, -0.05) is 12.1 Å². The third kappa shape index (κ3) is 2.32. The van der Waals surface area contributed by atoms with Crippen molar-refractivity contribution in [3.05, 3.63) is 24.3 Å². The van der Waals surface area contributed by atoms with Gasteiger partial charge >= 0.3 is 0 Å². The lowest BCUT2D eigenvalue weighted by Crippen LogP contribution is -2.59. The minimum atomic E-state index is -0.0224. The van der Waals surface area contributed by atoms with Crippen LogP contribution in [0.1, 0.15) is 33.6 Å². The molecule has 1 aromatic rings. The van der Waals surface area contributed by atoms with E-state index < -0.39 is 0 Å². The Balaban J connectivity index is 2.35. The van der Waals surface area contributed by atoms with Gasteiger partial charge in [-0.25, -0.2) is 0 Å². The van der Waals surface area contributed by atoms with E-state index in [4.69, 9.17) is 10.5 Å². The molecule has 1 aliphatic rings. The Hall–Kier alpha value is -1.22. The van der Waals surface area contributed by atoms with E-state index in [0.29, 0.717) is 6.61 Å². The molecule has 100 valence electrons. The van der Waals surface area contributed by atoms with E-state index in [1.165, 1.54) is 5.69 Å². The zero-order chi connectivity index (χ0) is 13.2. The van der Waals surface area contributed by atoms with Crippen molar-refractivity contribution in [2.75, 3.05) is 18.1 Å². The van der Waals surface area contributed by atoms with Gasteiger partial charge in [-0.2, -0.15) is 0 Å². The summed E-state index contributed by atoms with van der Waals surface area (Å²) in [5.74, 6) is 0.960. The molecule has 0 aliphatic carbocycles. The maximum absolute atomic E-state index is 6.28. The topological polar surface area (TPSA) is 38.5 Å². The molecule has 3 nitrogen and oxygen atoms in total. The molecule has 1 atom stereocenters. The lowest BCUT2D eigenvalue weighted by Gasteiger charge is -2.48. The second-order valence-corrected chi connectivity index (χ2v) is 5.45. The maximum Gasteiger partial charge on any atom is 0.142 e. The Labute approximate surface area is 110 Å². The quantitative estimate of drug-likeness (QED) is 0.894. The second kappa shape index (κ2) is 5.19. The predicted octanol–water partition coefficient (Wildman–Crippen LogP) is 2.79. The molecule has 1 fully saturated rings. The number of ether oxygens (including phenoxy) is 1. The van der Waals surface area contributed by atoms with Gasteiger partial charge < -0.3 is 15.4 Å². The average Bonchev–Trinajstić information content (AvgIpc) is 2.34. The number of rotatable bonds is 3. The zero-order valence-electron chi connectivity index (χ0n) is 11.6. The van der Waals surface area contributed by atoms with Crippen LogP contribution in [0.2, 0.25) is 0 Å². The molecule has 0 amide bonds. The van der Waals surface area contributed by atoms with Crippen molar-refractivity contribution in [1.29, 1.82) is 0 Å². The van der Waals surface area contributed by atoms with Crippen LogP contribution in [-0.2, 0) is 0 Å². The first-order valence-corrected chi connectivity index (χ1v) is 6.82. The number of hydrogen-bond acceptors (Lipinski definition) is 3. The van der Waals surface area contributed by atoms with Crippen molar-refractivity contribution in [1.82, 2.24) is 0 Å². The number of anilines is 1. The zero-order valence-corrected chi connectivity index (χ0v) is 11.6. The summed E-state index contributed by atoms with van der Waals surface area (Å²) in [5, 5.41) is 0. The van der Waals surface area contributed by atoms with Gasteiger partial charge in [0.15, 0.2) is 0 Å². The summed E-state index contributed by atoms with van der Waals surface area (Å²) >= 11 is 0. The van der Waals surface area contributed by atoms with E-state index in [9.17, 15) is 0 Å². The number of nitrogens with zero attached hydrogens (tertiary/aromatic N) is 1. The molecule has 0 radical (unpaired) electrons. The summed E-state index contributed by atoms with van der Waals surface area (Å²) in [4.78, 5) is 2.40. The van der Waals surface area contributed by atoms with Crippen LogP contribution in [0.5, 0.6) is 5.75 Å². The Morgan fingerprint density at radius 3 is 2.83 bits per heavy atom. The second-order valence-electron chi connectivity index (χ2n) is 5.45. The van der Waals surface area contributed by atoms with Gasteiger partial charge in [-0.05, 0) is 45.7 Å². The number of nitrogens with two attached hydrogens (primary N) is 1. The standard InChI is InChI=1S/C15H24N2O/c1-4-18-13-9-6-5-8-12(13)17-11-7-10-14(16)15(17,2)3/h5-6,8-9,14H,4,7,10-11,16H2,1-3H3. The summed E-state index contributed by atoms with van der Waals surface area (Å²) in [6.45, 7) is 8.20. The molecule has 1 aliphatic heterocycles. The predicted molar refractivity (Wildman–Crippen MR) is 76.2 cm³/mol. The van der Waals surface area contributed by atoms with E-state index >= 15 is 0 Å². The first kappa shape index (κ1) is 13.2. The van der Waals surface area contributed by atoms with E-state index in [-0.39, 0.29) is 11.6 Å². The van der Waals surface area contributed by atoms with Crippen LogP contribution < -0.4 is 15.4 Å². The number of piperidine rings is 1. The van der Waals surface area contributed by atoms with Crippen molar-refractivity contribution < 1.29 is 4.74 Å². The first-order valence-electron chi connectivity index (χ1n) is 6.82. The van der Waals surface area contributed by atoms with Crippen molar-refractivity contribution >= 4 is 5.69 Å². The minimum Gasteiger partial charge on any atom is -0.492 e. The summed E-state index contributed by atoms with van der Waals surface area (Å²) in [5.41, 5.74) is 7.43. The van der Waals surface area contributed by atoms with E-state index in [2.05, 4.69) is 30.9 Å². The first-order chi connectivity index (χ1) is 8.57. The SMILES string of the molecule is CCOc1ccccc1N1CCCC(N)C1(C)C. The highest BCUT2D eigenvalue weighted by molar-refractivity contribution is 5.60. The molecule has 1 heterocycles. The molecule has 0 bridgehead atoms. The van der Waals surface area contributed by atoms with Crippen LogP contribution in [0, 0.1) is 0 Å². The van der Waals surface area contributed by atoms with Crippen LogP contribution in [0.3, 0.4) is 0 Å². The molecule has 3 heteroatoms. The third-order valence-electron chi connectivity index (χ3n) is 3.96. The molecule has 0 spiro atoms. The molecule has 0 saturated carbocycles. The van der Waals surface area contributed by atoms with Crippen LogP contribution in [0.15, 0.2) is 24.3 Å². The summed E-state index contributed by atoms with van der Waals surface area (Å²) in [7, 11) is 0. The Bertz CT molecular complexity index is 403. The fourth-order valence-electron chi connectivity index (χ4n) is 2.70. The van der Waals surface area contributed by atoms with Gasteiger partial charge in [0.1, 0.15) is 5.75 Å². The molecule has 2 N–H and O–H groups in total. The normalized spacial score (nSPS) is 22.9. The van der Waals surface area contributed by atoms with Gasteiger partial charge in [0, 0.05) is 18.1 Å².